The average molecular weight is 638 g/mol. The Balaban J connectivity index is 1.36. The van der Waals surface area contributed by atoms with Gasteiger partial charge in [-0.1, -0.05) is 24.3 Å². The Bertz CT molecular complexity index is 1460. The normalized spacial score (nSPS) is 11.0. The van der Waals surface area contributed by atoms with Gasteiger partial charge < -0.3 is 25.6 Å². The molecule has 3 N–H and O–H groups in total. The maximum Gasteiger partial charge on any atom is 0.248 e. The summed E-state index contributed by atoms with van der Waals surface area (Å²) in [6.45, 7) is 0.965. The van der Waals surface area contributed by atoms with Crippen LogP contribution in [-0.2, 0) is 11.4 Å². The number of carbonyl (C=O) groups excluding carboxylic acids is 1. The van der Waals surface area contributed by atoms with Crippen LogP contribution in [0.2, 0.25) is 0 Å². The Labute approximate surface area is 240 Å². The van der Waals surface area contributed by atoms with Crippen molar-refractivity contribution in [3.05, 3.63) is 106 Å². The molecule has 4 aromatic rings. The summed E-state index contributed by atoms with van der Waals surface area (Å²) in [5.41, 5.74) is 3.03. The summed E-state index contributed by atoms with van der Waals surface area (Å²) in [5.74, 6) is 1.42. The standard InChI is InChI=1S/C29H28FIN6O2/c1-37(2)13-5-10-29(38)36-23-9-4-8-22(15-23)34-27-17-28(33-19-32-27)35-24-11-12-26(25(31)16-24)39-18-20-6-3-7-21(30)14-20/h3-12,14-17,19H,13,18H2,1-2H3,(H,36,38)(H2,32,33,34,35)/b10-5+. The van der Waals surface area contributed by atoms with Gasteiger partial charge in [-0.2, -0.15) is 0 Å². The van der Waals surface area contributed by atoms with Gasteiger partial charge in [0.25, 0.3) is 0 Å². The molecular weight excluding hydrogens is 610 g/mol. The van der Waals surface area contributed by atoms with E-state index in [4.69, 9.17) is 4.74 Å². The fourth-order valence-electron chi connectivity index (χ4n) is 3.50. The van der Waals surface area contributed by atoms with Gasteiger partial charge in [0.15, 0.2) is 0 Å². The molecule has 0 aliphatic rings. The minimum atomic E-state index is -0.285. The van der Waals surface area contributed by atoms with E-state index in [0.717, 1.165) is 20.5 Å². The van der Waals surface area contributed by atoms with Gasteiger partial charge in [0.05, 0.1) is 3.57 Å². The molecule has 3 aromatic carbocycles. The second-order valence-electron chi connectivity index (χ2n) is 8.84. The van der Waals surface area contributed by atoms with Crippen LogP contribution in [0, 0.1) is 9.39 Å². The van der Waals surface area contributed by atoms with Crippen LogP contribution in [0.3, 0.4) is 0 Å². The third-order valence-corrected chi connectivity index (χ3v) is 6.14. The summed E-state index contributed by atoms with van der Waals surface area (Å²) < 4.78 is 20.2. The SMILES string of the molecule is CN(C)C/C=C/C(=O)Nc1cccc(Nc2cc(Nc3ccc(OCc4cccc(F)c4)c(I)c3)ncn2)c1. The molecule has 0 aliphatic heterocycles. The number of halogens is 2. The number of carbonyl (C=O) groups is 1. The number of rotatable bonds is 11. The van der Waals surface area contributed by atoms with Crippen molar-refractivity contribution in [1.82, 2.24) is 14.9 Å². The van der Waals surface area contributed by atoms with Crippen molar-refractivity contribution < 1.29 is 13.9 Å². The first-order valence-electron chi connectivity index (χ1n) is 12.1. The van der Waals surface area contributed by atoms with Gasteiger partial charge in [-0.05, 0) is 90.8 Å². The first-order valence-corrected chi connectivity index (χ1v) is 13.2. The van der Waals surface area contributed by atoms with Crippen LogP contribution in [0.25, 0.3) is 0 Å². The summed E-state index contributed by atoms with van der Waals surface area (Å²) in [6, 6.07) is 21.2. The molecule has 39 heavy (non-hydrogen) atoms. The number of anilines is 5. The first-order chi connectivity index (χ1) is 18.8. The molecule has 0 fully saturated rings. The highest BCUT2D eigenvalue weighted by atomic mass is 127. The zero-order valence-electron chi connectivity index (χ0n) is 21.5. The number of hydrogen-bond donors (Lipinski definition) is 3. The second-order valence-corrected chi connectivity index (χ2v) is 10.00. The first kappa shape index (κ1) is 28.0. The Hall–Kier alpha value is -4.03. The Morgan fingerprint density at radius 3 is 2.38 bits per heavy atom. The lowest BCUT2D eigenvalue weighted by Crippen LogP contribution is -2.12. The van der Waals surface area contributed by atoms with Crippen molar-refractivity contribution in [2.45, 2.75) is 6.61 Å². The molecule has 10 heteroatoms. The Kier molecular flexibility index (Phi) is 9.81. The van der Waals surface area contributed by atoms with E-state index in [0.29, 0.717) is 29.6 Å². The fourth-order valence-corrected chi connectivity index (χ4v) is 4.17. The smallest absolute Gasteiger partial charge is 0.248 e. The predicted molar refractivity (Wildman–Crippen MR) is 161 cm³/mol. The fraction of sp³-hybridized carbons (Fsp3) is 0.138. The lowest BCUT2D eigenvalue weighted by molar-refractivity contribution is -0.111. The van der Waals surface area contributed by atoms with Crippen LogP contribution in [0.15, 0.2) is 91.3 Å². The molecule has 0 saturated heterocycles. The molecule has 0 atom stereocenters. The van der Waals surface area contributed by atoms with Crippen molar-refractivity contribution in [2.24, 2.45) is 0 Å². The highest BCUT2D eigenvalue weighted by molar-refractivity contribution is 14.1. The van der Waals surface area contributed by atoms with E-state index >= 15 is 0 Å². The molecule has 4 rings (SSSR count). The van der Waals surface area contributed by atoms with Crippen molar-refractivity contribution in [1.29, 1.82) is 0 Å². The molecule has 1 heterocycles. The number of ether oxygens (including phenoxy) is 1. The number of hydrogen-bond acceptors (Lipinski definition) is 7. The summed E-state index contributed by atoms with van der Waals surface area (Å²) in [4.78, 5) is 22.7. The van der Waals surface area contributed by atoms with Gasteiger partial charge in [-0.25, -0.2) is 14.4 Å². The lowest BCUT2D eigenvalue weighted by atomic mass is 10.2. The van der Waals surface area contributed by atoms with E-state index < -0.39 is 0 Å². The monoisotopic (exact) mass is 638 g/mol. The zero-order valence-corrected chi connectivity index (χ0v) is 23.6. The summed E-state index contributed by atoms with van der Waals surface area (Å²) in [5, 5.41) is 9.38. The lowest BCUT2D eigenvalue weighted by Gasteiger charge is -2.12. The van der Waals surface area contributed by atoms with Crippen molar-refractivity contribution >= 4 is 57.2 Å². The quantitative estimate of drug-likeness (QED) is 0.131. The van der Waals surface area contributed by atoms with E-state index in [1.54, 1.807) is 18.2 Å². The van der Waals surface area contributed by atoms with Crippen LogP contribution in [0.4, 0.5) is 33.1 Å². The van der Waals surface area contributed by atoms with E-state index in [2.05, 4.69) is 48.5 Å². The van der Waals surface area contributed by atoms with Crippen molar-refractivity contribution in [3.63, 3.8) is 0 Å². The van der Waals surface area contributed by atoms with Crippen molar-refractivity contribution in [2.75, 3.05) is 36.6 Å². The molecule has 1 amide bonds. The Morgan fingerprint density at radius 1 is 0.949 bits per heavy atom. The van der Waals surface area contributed by atoms with E-state index in [1.165, 1.54) is 24.5 Å². The highest BCUT2D eigenvalue weighted by Crippen LogP contribution is 2.28. The molecule has 8 nitrogen and oxygen atoms in total. The third kappa shape index (κ3) is 9.04. The van der Waals surface area contributed by atoms with Gasteiger partial charge in [-0.15, -0.1) is 0 Å². The van der Waals surface area contributed by atoms with E-state index in [9.17, 15) is 9.18 Å². The third-order valence-electron chi connectivity index (χ3n) is 5.30. The number of aromatic nitrogens is 2. The zero-order chi connectivity index (χ0) is 27.6. The number of nitrogens with zero attached hydrogens (tertiary/aromatic N) is 3. The molecule has 0 spiro atoms. The number of likely N-dealkylation sites (N-methyl/N-ethyl adjacent to an activating group) is 1. The van der Waals surface area contributed by atoms with Gasteiger partial charge in [0, 0.05) is 35.7 Å². The number of nitrogens with one attached hydrogen (secondary N) is 3. The highest BCUT2D eigenvalue weighted by Gasteiger charge is 2.07. The summed E-state index contributed by atoms with van der Waals surface area (Å²) in [7, 11) is 3.88. The maximum absolute atomic E-state index is 13.4. The molecular formula is C29H28FIN6O2. The van der Waals surface area contributed by atoms with E-state index in [-0.39, 0.29) is 18.3 Å². The summed E-state index contributed by atoms with van der Waals surface area (Å²) in [6.07, 6.45) is 4.79. The van der Waals surface area contributed by atoms with Crippen LogP contribution >= 0.6 is 22.6 Å². The summed E-state index contributed by atoms with van der Waals surface area (Å²) >= 11 is 2.20. The van der Waals surface area contributed by atoms with Crippen LogP contribution in [0.5, 0.6) is 5.75 Å². The van der Waals surface area contributed by atoms with Gasteiger partial charge in [0.2, 0.25) is 5.91 Å². The molecule has 0 aliphatic carbocycles. The van der Waals surface area contributed by atoms with E-state index in [1.807, 2.05) is 67.5 Å². The van der Waals surface area contributed by atoms with Crippen LogP contribution in [-0.4, -0.2) is 41.4 Å². The molecule has 1 aromatic heterocycles. The molecule has 0 bridgehead atoms. The number of amides is 1. The minimum Gasteiger partial charge on any atom is -0.488 e. The largest absolute Gasteiger partial charge is 0.488 e. The molecule has 0 radical (unpaired) electrons. The minimum absolute atomic E-state index is 0.192. The van der Waals surface area contributed by atoms with Crippen LogP contribution in [0.1, 0.15) is 5.56 Å². The number of benzene rings is 3. The molecule has 0 unspecified atom stereocenters. The maximum atomic E-state index is 13.4. The van der Waals surface area contributed by atoms with Crippen LogP contribution < -0.4 is 20.7 Å². The topological polar surface area (TPSA) is 91.4 Å². The van der Waals surface area contributed by atoms with Gasteiger partial charge in [-0.3, -0.25) is 4.79 Å². The second kappa shape index (κ2) is 13.7. The predicted octanol–water partition coefficient (Wildman–Crippen LogP) is 6.34. The molecule has 0 saturated carbocycles. The van der Waals surface area contributed by atoms with Gasteiger partial charge in [0.1, 0.15) is 36.1 Å². The Morgan fingerprint density at radius 2 is 1.67 bits per heavy atom. The van der Waals surface area contributed by atoms with Gasteiger partial charge >= 0.3 is 0 Å². The van der Waals surface area contributed by atoms with Crippen molar-refractivity contribution in [3.8, 4) is 5.75 Å². The average Bonchev–Trinajstić information content (AvgIpc) is 2.88. The molecule has 200 valence electrons.